The predicted molar refractivity (Wildman–Crippen MR) is 111 cm³/mol. The van der Waals surface area contributed by atoms with Gasteiger partial charge in [0.2, 0.25) is 0 Å². The fourth-order valence-corrected chi connectivity index (χ4v) is 4.23. The molecular formula is C22H23F4N5O. The van der Waals surface area contributed by atoms with Gasteiger partial charge in [0.15, 0.2) is 5.82 Å². The van der Waals surface area contributed by atoms with Crippen molar-refractivity contribution in [2.75, 3.05) is 13.1 Å². The lowest BCUT2D eigenvalue weighted by Gasteiger charge is -2.21. The van der Waals surface area contributed by atoms with Gasteiger partial charge in [-0.1, -0.05) is 12.1 Å². The number of likely N-dealkylation sites (tertiary alicyclic amines) is 1. The van der Waals surface area contributed by atoms with Crippen LogP contribution in [-0.4, -0.2) is 44.8 Å². The molecule has 1 unspecified atom stereocenters. The zero-order valence-corrected chi connectivity index (χ0v) is 17.5. The summed E-state index contributed by atoms with van der Waals surface area (Å²) in [6, 6.07) is 4.84. The summed E-state index contributed by atoms with van der Waals surface area (Å²) in [7, 11) is 1.74. The van der Waals surface area contributed by atoms with Crippen LogP contribution >= 0.6 is 0 Å². The van der Waals surface area contributed by atoms with Crippen molar-refractivity contribution >= 4 is 16.8 Å². The summed E-state index contributed by atoms with van der Waals surface area (Å²) in [4.78, 5) is 17.8. The van der Waals surface area contributed by atoms with Gasteiger partial charge in [-0.05, 0) is 44.0 Å². The van der Waals surface area contributed by atoms with Crippen LogP contribution in [0.5, 0.6) is 0 Å². The second-order valence-corrected chi connectivity index (χ2v) is 8.20. The molecule has 0 bridgehead atoms. The van der Waals surface area contributed by atoms with Crippen LogP contribution < -0.4 is 5.73 Å². The summed E-state index contributed by atoms with van der Waals surface area (Å²) in [6.45, 7) is 0.855. The van der Waals surface area contributed by atoms with E-state index in [0.29, 0.717) is 35.0 Å². The molecular weight excluding hydrogens is 426 g/mol. The minimum atomic E-state index is -4.21. The molecule has 1 aliphatic heterocycles. The molecule has 3 aromatic rings. The van der Waals surface area contributed by atoms with E-state index >= 15 is 4.39 Å². The molecule has 3 heterocycles. The van der Waals surface area contributed by atoms with Gasteiger partial charge < -0.3 is 5.73 Å². The zero-order chi connectivity index (χ0) is 23.0. The number of alkyl halides is 3. The molecule has 0 spiro atoms. The molecule has 1 amide bonds. The molecule has 1 aliphatic rings. The second kappa shape index (κ2) is 8.50. The highest BCUT2D eigenvalue weighted by molar-refractivity contribution is 6.01. The number of rotatable bonds is 4. The number of carbonyl (C=O) groups is 1. The normalized spacial score (nSPS) is 18.1. The third-order valence-electron chi connectivity index (χ3n) is 5.95. The summed E-state index contributed by atoms with van der Waals surface area (Å²) < 4.78 is 56.3. The molecule has 0 radical (unpaired) electrons. The van der Waals surface area contributed by atoms with Crippen LogP contribution in [0.3, 0.4) is 0 Å². The van der Waals surface area contributed by atoms with E-state index in [0.717, 1.165) is 0 Å². The highest BCUT2D eigenvalue weighted by Gasteiger charge is 2.39. The summed E-state index contributed by atoms with van der Waals surface area (Å²) in [5.74, 6) is -2.71. The Morgan fingerprint density at radius 2 is 2.03 bits per heavy atom. The Morgan fingerprint density at radius 3 is 2.69 bits per heavy atom. The summed E-state index contributed by atoms with van der Waals surface area (Å²) in [5.41, 5.74) is 6.91. The standard InChI is InChI=1S/C22H23F4N5O/c1-30-11-14(10-28-30)17-9-18(21(27)32)29-20-16(17)5-4-13(19(20)23)12-31-7-2-3-15(6-8-31)22(24,25)26/h4-5,9-11,15H,2-3,6-8,12H2,1H3,(H2,27,32). The Labute approximate surface area is 182 Å². The Morgan fingerprint density at radius 1 is 1.25 bits per heavy atom. The molecule has 4 rings (SSSR count). The van der Waals surface area contributed by atoms with Crippen molar-refractivity contribution in [3.63, 3.8) is 0 Å². The molecule has 0 saturated carbocycles. The topological polar surface area (TPSA) is 77.0 Å². The van der Waals surface area contributed by atoms with Gasteiger partial charge in [-0.3, -0.25) is 14.4 Å². The van der Waals surface area contributed by atoms with Crippen LogP contribution in [-0.2, 0) is 13.6 Å². The quantitative estimate of drug-likeness (QED) is 0.610. The molecule has 32 heavy (non-hydrogen) atoms. The Balaban J connectivity index is 1.68. The molecule has 1 saturated heterocycles. The van der Waals surface area contributed by atoms with Crippen LogP contribution in [0.25, 0.3) is 22.0 Å². The van der Waals surface area contributed by atoms with E-state index in [1.54, 1.807) is 36.3 Å². The SMILES string of the molecule is Cn1cc(-c2cc(C(N)=O)nc3c(F)c(CN4CCCC(C(F)(F)F)CC4)ccc23)cn1. The third-order valence-corrected chi connectivity index (χ3v) is 5.95. The number of fused-ring (bicyclic) bond motifs is 1. The zero-order valence-electron chi connectivity index (χ0n) is 17.5. The highest BCUT2D eigenvalue weighted by Crippen LogP contribution is 2.35. The summed E-state index contributed by atoms with van der Waals surface area (Å²) >= 11 is 0. The van der Waals surface area contributed by atoms with E-state index < -0.39 is 23.8 Å². The Bertz CT molecular complexity index is 1160. The molecule has 170 valence electrons. The lowest BCUT2D eigenvalue weighted by atomic mass is 10.00. The van der Waals surface area contributed by atoms with Gasteiger partial charge in [0.1, 0.15) is 11.2 Å². The fraction of sp³-hybridized carbons (Fsp3) is 0.409. The summed E-state index contributed by atoms with van der Waals surface area (Å²) in [6.07, 6.45) is -0.401. The van der Waals surface area contributed by atoms with Crippen molar-refractivity contribution in [3.8, 4) is 11.1 Å². The number of nitrogens with zero attached hydrogens (tertiary/aromatic N) is 4. The number of amides is 1. The van der Waals surface area contributed by atoms with E-state index in [4.69, 9.17) is 5.73 Å². The van der Waals surface area contributed by atoms with Gasteiger partial charge in [0.25, 0.3) is 5.91 Å². The highest BCUT2D eigenvalue weighted by atomic mass is 19.4. The molecule has 2 aromatic heterocycles. The summed E-state index contributed by atoms with van der Waals surface area (Å²) in [5, 5.41) is 4.62. The number of aromatic nitrogens is 3. The minimum absolute atomic E-state index is 0.000595. The maximum absolute atomic E-state index is 15.5. The van der Waals surface area contributed by atoms with Crippen LogP contribution in [0.2, 0.25) is 0 Å². The predicted octanol–water partition coefficient (Wildman–Crippen LogP) is 4.04. The fourth-order valence-electron chi connectivity index (χ4n) is 4.23. The van der Waals surface area contributed by atoms with Crippen LogP contribution in [0.15, 0.2) is 30.6 Å². The monoisotopic (exact) mass is 449 g/mol. The Kier molecular flexibility index (Phi) is 5.89. The molecule has 1 aromatic carbocycles. The largest absolute Gasteiger partial charge is 0.391 e. The first-order chi connectivity index (χ1) is 15.1. The maximum Gasteiger partial charge on any atom is 0.391 e. The number of hydrogen-bond donors (Lipinski definition) is 1. The van der Waals surface area contributed by atoms with E-state index in [1.165, 1.54) is 6.07 Å². The number of carbonyl (C=O) groups excluding carboxylic acids is 1. The number of hydrogen-bond acceptors (Lipinski definition) is 4. The first-order valence-electron chi connectivity index (χ1n) is 10.3. The van der Waals surface area contributed by atoms with Crippen LogP contribution in [0.1, 0.15) is 35.3 Å². The van der Waals surface area contributed by atoms with Gasteiger partial charge in [0.05, 0.1) is 12.1 Å². The van der Waals surface area contributed by atoms with E-state index in [1.807, 2.05) is 4.90 Å². The van der Waals surface area contributed by atoms with Gasteiger partial charge in [-0.25, -0.2) is 9.37 Å². The van der Waals surface area contributed by atoms with Crippen molar-refractivity contribution < 1.29 is 22.4 Å². The Hall–Kier alpha value is -3.01. The van der Waals surface area contributed by atoms with Crippen molar-refractivity contribution in [1.82, 2.24) is 19.7 Å². The third kappa shape index (κ3) is 4.45. The lowest BCUT2D eigenvalue weighted by Crippen LogP contribution is -2.27. The first-order valence-corrected chi connectivity index (χ1v) is 10.3. The minimum Gasteiger partial charge on any atom is -0.364 e. The van der Waals surface area contributed by atoms with Gasteiger partial charge >= 0.3 is 6.18 Å². The van der Waals surface area contributed by atoms with E-state index in [9.17, 15) is 18.0 Å². The molecule has 10 heteroatoms. The average molecular weight is 449 g/mol. The number of primary amides is 1. The van der Waals surface area contributed by atoms with Crippen LogP contribution in [0.4, 0.5) is 17.6 Å². The van der Waals surface area contributed by atoms with Gasteiger partial charge in [-0.2, -0.15) is 18.3 Å². The maximum atomic E-state index is 15.5. The number of aryl methyl sites for hydroxylation is 1. The first kappa shape index (κ1) is 22.2. The number of benzene rings is 1. The van der Waals surface area contributed by atoms with Gasteiger partial charge in [0, 0.05) is 36.3 Å². The van der Waals surface area contributed by atoms with Crippen molar-refractivity contribution in [2.45, 2.75) is 32.0 Å². The van der Waals surface area contributed by atoms with Crippen molar-refractivity contribution in [3.05, 3.63) is 47.7 Å². The van der Waals surface area contributed by atoms with Crippen LogP contribution in [0, 0.1) is 11.7 Å². The number of pyridine rings is 1. The molecule has 1 fully saturated rings. The molecule has 0 aliphatic carbocycles. The molecule has 6 nitrogen and oxygen atoms in total. The molecule has 1 atom stereocenters. The lowest BCUT2D eigenvalue weighted by molar-refractivity contribution is -0.177. The van der Waals surface area contributed by atoms with E-state index in [-0.39, 0.29) is 37.1 Å². The second-order valence-electron chi connectivity index (χ2n) is 8.20. The number of halogens is 4. The van der Waals surface area contributed by atoms with Crippen molar-refractivity contribution in [2.24, 2.45) is 18.7 Å². The smallest absolute Gasteiger partial charge is 0.364 e. The van der Waals surface area contributed by atoms with Gasteiger partial charge in [-0.15, -0.1) is 0 Å². The average Bonchev–Trinajstić information content (AvgIpc) is 3.01. The van der Waals surface area contributed by atoms with Crippen molar-refractivity contribution in [1.29, 1.82) is 0 Å². The molecule has 2 N–H and O–H groups in total. The number of nitrogens with two attached hydrogens (primary N) is 1. The van der Waals surface area contributed by atoms with E-state index in [2.05, 4.69) is 10.1 Å².